The molecule has 0 aliphatic carbocycles. The van der Waals surface area contributed by atoms with E-state index < -0.39 is 0 Å². The van der Waals surface area contributed by atoms with Gasteiger partial charge in [0.25, 0.3) is 0 Å². The molecule has 3 nitrogen and oxygen atoms in total. The first-order chi connectivity index (χ1) is 9.18. The standard InChI is InChI=1S/C16H23NO2/c1-3-9-16(10-11-17-12-16)15(18)19-13(2)14-7-5-4-6-8-14/h4-8,13,17H,3,9-12H2,1-2H3. The van der Waals surface area contributed by atoms with Crippen molar-refractivity contribution in [2.24, 2.45) is 5.41 Å². The minimum Gasteiger partial charge on any atom is -0.457 e. The normalized spacial score (nSPS) is 24.1. The molecule has 3 heteroatoms. The quantitative estimate of drug-likeness (QED) is 0.828. The Bertz CT molecular complexity index is 410. The molecule has 1 aromatic carbocycles. The van der Waals surface area contributed by atoms with Gasteiger partial charge in [-0.1, -0.05) is 43.7 Å². The third-order valence-corrected chi connectivity index (χ3v) is 3.96. The Labute approximate surface area is 115 Å². The van der Waals surface area contributed by atoms with Crippen LogP contribution in [0.2, 0.25) is 0 Å². The molecule has 1 N–H and O–H groups in total. The van der Waals surface area contributed by atoms with Crippen LogP contribution in [0.25, 0.3) is 0 Å². The fourth-order valence-corrected chi connectivity index (χ4v) is 2.79. The lowest BCUT2D eigenvalue weighted by atomic mass is 9.82. The summed E-state index contributed by atoms with van der Waals surface area (Å²) in [4.78, 5) is 12.5. The number of esters is 1. The van der Waals surface area contributed by atoms with Crippen molar-refractivity contribution in [3.05, 3.63) is 35.9 Å². The molecular formula is C16H23NO2. The first kappa shape index (κ1) is 14.1. The van der Waals surface area contributed by atoms with E-state index >= 15 is 0 Å². The second-order valence-corrected chi connectivity index (χ2v) is 5.42. The third-order valence-electron chi connectivity index (χ3n) is 3.96. The van der Waals surface area contributed by atoms with E-state index in [4.69, 9.17) is 4.74 Å². The topological polar surface area (TPSA) is 38.3 Å². The Kier molecular flexibility index (Phi) is 4.59. The summed E-state index contributed by atoms with van der Waals surface area (Å²) in [5.74, 6) is -0.0456. The van der Waals surface area contributed by atoms with E-state index in [1.54, 1.807) is 0 Å². The summed E-state index contributed by atoms with van der Waals surface area (Å²) in [5.41, 5.74) is 0.742. The lowest BCUT2D eigenvalue weighted by Crippen LogP contribution is -2.35. The highest BCUT2D eigenvalue weighted by atomic mass is 16.5. The van der Waals surface area contributed by atoms with Crippen LogP contribution >= 0.6 is 0 Å². The molecule has 0 bridgehead atoms. The highest BCUT2D eigenvalue weighted by molar-refractivity contribution is 5.78. The lowest BCUT2D eigenvalue weighted by Gasteiger charge is -2.27. The number of nitrogens with one attached hydrogen (secondary N) is 1. The SMILES string of the molecule is CCCC1(C(=O)OC(C)c2ccccc2)CCNC1. The van der Waals surface area contributed by atoms with Crippen LogP contribution in [-0.2, 0) is 9.53 Å². The number of ether oxygens (including phenoxy) is 1. The molecule has 104 valence electrons. The van der Waals surface area contributed by atoms with Crippen LogP contribution in [0.1, 0.15) is 44.8 Å². The maximum atomic E-state index is 12.5. The second kappa shape index (κ2) is 6.20. The Balaban J connectivity index is 2.03. The monoisotopic (exact) mass is 261 g/mol. The van der Waals surface area contributed by atoms with Crippen molar-refractivity contribution in [2.75, 3.05) is 13.1 Å². The summed E-state index contributed by atoms with van der Waals surface area (Å²) < 4.78 is 5.70. The Morgan fingerprint density at radius 1 is 1.42 bits per heavy atom. The molecule has 0 spiro atoms. The minimum atomic E-state index is -0.308. The smallest absolute Gasteiger partial charge is 0.314 e. The number of hydrogen-bond donors (Lipinski definition) is 1. The first-order valence-electron chi connectivity index (χ1n) is 7.15. The van der Waals surface area contributed by atoms with E-state index in [9.17, 15) is 4.79 Å². The molecule has 0 saturated carbocycles. The number of hydrogen-bond acceptors (Lipinski definition) is 3. The zero-order chi connectivity index (χ0) is 13.7. The summed E-state index contributed by atoms with van der Waals surface area (Å²) in [6, 6.07) is 9.91. The van der Waals surface area contributed by atoms with Gasteiger partial charge in [-0.25, -0.2) is 0 Å². The molecule has 2 atom stereocenters. The van der Waals surface area contributed by atoms with Gasteiger partial charge in [-0.15, -0.1) is 0 Å². The van der Waals surface area contributed by atoms with Crippen molar-refractivity contribution in [3.8, 4) is 0 Å². The van der Waals surface area contributed by atoms with Gasteiger partial charge in [-0.05, 0) is 31.9 Å². The predicted molar refractivity (Wildman–Crippen MR) is 75.8 cm³/mol. The van der Waals surface area contributed by atoms with Gasteiger partial charge in [0.1, 0.15) is 6.10 Å². The van der Waals surface area contributed by atoms with Crippen molar-refractivity contribution < 1.29 is 9.53 Å². The highest BCUT2D eigenvalue weighted by Gasteiger charge is 2.42. The summed E-state index contributed by atoms with van der Waals surface area (Å²) >= 11 is 0. The van der Waals surface area contributed by atoms with Gasteiger partial charge in [0, 0.05) is 6.54 Å². The summed E-state index contributed by atoms with van der Waals surface area (Å²) in [6.45, 7) is 5.72. The zero-order valence-corrected chi connectivity index (χ0v) is 11.8. The van der Waals surface area contributed by atoms with Crippen LogP contribution in [0.5, 0.6) is 0 Å². The third kappa shape index (κ3) is 3.16. The summed E-state index contributed by atoms with van der Waals surface area (Å²) in [6.07, 6.45) is 2.63. The van der Waals surface area contributed by atoms with Gasteiger partial charge in [0.2, 0.25) is 0 Å². The Hall–Kier alpha value is -1.35. The maximum absolute atomic E-state index is 12.5. The van der Waals surface area contributed by atoms with Crippen LogP contribution in [-0.4, -0.2) is 19.1 Å². The minimum absolute atomic E-state index is 0.0456. The fourth-order valence-electron chi connectivity index (χ4n) is 2.79. The molecule has 1 aromatic rings. The zero-order valence-electron chi connectivity index (χ0n) is 11.8. The molecule has 1 aliphatic rings. The molecule has 1 saturated heterocycles. The molecule has 1 heterocycles. The Morgan fingerprint density at radius 2 is 2.16 bits per heavy atom. The average molecular weight is 261 g/mol. The van der Waals surface area contributed by atoms with Crippen LogP contribution in [0.3, 0.4) is 0 Å². The van der Waals surface area contributed by atoms with Crippen LogP contribution in [0, 0.1) is 5.41 Å². The summed E-state index contributed by atoms with van der Waals surface area (Å²) in [7, 11) is 0. The van der Waals surface area contributed by atoms with E-state index in [0.717, 1.165) is 37.9 Å². The summed E-state index contributed by atoms with van der Waals surface area (Å²) in [5, 5.41) is 3.29. The van der Waals surface area contributed by atoms with Gasteiger partial charge in [-0.3, -0.25) is 4.79 Å². The van der Waals surface area contributed by atoms with E-state index in [1.165, 1.54) is 0 Å². The number of carbonyl (C=O) groups excluding carboxylic acids is 1. The molecule has 19 heavy (non-hydrogen) atoms. The largest absolute Gasteiger partial charge is 0.457 e. The molecule has 2 rings (SSSR count). The van der Waals surface area contributed by atoms with E-state index in [-0.39, 0.29) is 17.5 Å². The van der Waals surface area contributed by atoms with Crippen LogP contribution in [0.4, 0.5) is 0 Å². The average Bonchev–Trinajstić information content (AvgIpc) is 2.90. The highest BCUT2D eigenvalue weighted by Crippen LogP contribution is 2.34. The van der Waals surface area contributed by atoms with E-state index in [1.807, 2.05) is 37.3 Å². The van der Waals surface area contributed by atoms with Crippen LogP contribution in [0.15, 0.2) is 30.3 Å². The number of rotatable bonds is 5. The fraction of sp³-hybridized carbons (Fsp3) is 0.562. The maximum Gasteiger partial charge on any atom is 0.314 e. The molecule has 0 radical (unpaired) electrons. The van der Waals surface area contributed by atoms with E-state index in [2.05, 4.69) is 12.2 Å². The molecular weight excluding hydrogens is 238 g/mol. The number of benzene rings is 1. The first-order valence-corrected chi connectivity index (χ1v) is 7.15. The van der Waals surface area contributed by atoms with Crippen molar-refractivity contribution in [1.29, 1.82) is 0 Å². The van der Waals surface area contributed by atoms with Crippen molar-refractivity contribution in [3.63, 3.8) is 0 Å². The van der Waals surface area contributed by atoms with Crippen molar-refractivity contribution in [2.45, 2.75) is 39.2 Å². The van der Waals surface area contributed by atoms with Gasteiger partial charge in [-0.2, -0.15) is 0 Å². The lowest BCUT2D eigenvalue weighted by molar-refractivity contribution is -0.160. The predicted octanol–water partition coefficient (Wildman–Crippen LogP) is 3.07. The van der Waals surface area contributed by atoms with Gasteiger partial charge < -0.3 is 10.1 Å². The molecule has 1 fully saturated rings. The second-order valence-electron chi connectivity index (χ2n) is 5.42. The van der Waals surface area contributed by atoms with Crippen molar-refractivity contribution in [1.82, 2.24) is 5.32 Å². The van der Waals surface area contributed by atoms with Gasteiger partial charge in [0.15, 0.2) is 0 Å². The van der Waals surface area contributed by atoms with E-state index in [0.29, 0.717) is 0 Å². The van der Waals surface area contributed by atoms with Crippen molar-refractivity contribution >= 4 is 5.97 Å². The Morgan fingerprint density at radius 3 is 2.74 bits per heavy atom. The molecule has 2 unspecified atom stereocenters. The number of carbonyl (C=O) groups is 1. The molecule has 1 aliphatic heterocycles. The molecule has 0 aromatic heterocycles. The van der Waals surface area contributed by atoms with Crippen LogP contribution < -0.4 is 5.32 Å². The molecule has 0 amide bonds. The van der Waals surface area contributed by atoms with Gasteiger partial charge >= 0.3 is 5.97 Å². The van der Waals surface area contributed by atoms with Gasteiger partial charge in [0.05, 0.1) is 5.41 Å².